The molecule has 0 atom stereocenters. The van der Waals surface area contributed by atoms with Crippen molar-refractivity contribution < 1.29 is 13.6 Å². The van der Waals surface area contributed by atoms with Gasteiger partial charge in [0.25, 0.3) is 0 Å². The van der Waals surface area contributed by atoms with E-state index in [4.69, 9.17) is 8.83 Å². The highest BCUT2D eigenvalue weighted by molar-refractivity contribution is 5.95. The molecule has 1 aromatic carbocycles. The van der Waals surface area contributed by atoms with Crippen LogP contribution in [0.2, 0.25) is 0 Å². The van der Waals surface area contributed by atoms with E-state index in [0.29, 0.717) is 22.8 Å². The molecule has 0 fully saturated rings. The lowest BCUT2D eigenvalue weighted by Crippen LogP contribution is -2.08. The van der Waals surface area contributed by atoms with Crippen molar-refractivity contribution in [2.24, 2.45) is 0 Å². The molecule has 5 heteroatoms. The van der Waals surface area contributed by atoms with Gasteiger partial charge in [-0.25, -0.2) is 4.79 Å². The number of hydrogen-bond donors (Lipinski definition) is 0. The van der Waals surface area contributed by atoms with E-state index in [2.05, 4.69) is 0 Å². The van der Waals surface area contributed by atoms with Crippen LogP contribution in [0.5, 0.6) is 0 Å². The number of aldehydes is 1. The fourth-order valence-corrected chi connectivity index (χ4v) is 2.04. The van der Waals surface area contributed by atoms with E-state index in [1.54, 1.807) is 13.0 Å². The van der Waals surface area contributed by atoms with E-state index in [1.807, 2.05) is 0 Å². The van der Waals surface area contributed by atoms with Gasteiger partial charge in [0, 0.05) is 17.5 Å². The van der Waals surface area contributed by atoms with E-state index < -0.39 is 11.1 Å². The minimum Gasteiger partial charge on any atom is -0.463 e. The first-order valence-electron chi connectivity index (χ1n) is 5.55. The van der Waals surface area contributed by atoms with Gasteiger partial charge in [0.2, 0.25) is 5.43 Å². The molecule has 0 aliphatic rings. The van der Waals surface area contributed by atoms with Gasteiger partial charge in [-0.15, -0.1) is 0 Å². The fraction of sp³-hybridized carbons (Fsp3) is 0.0714. The molecule has 0 bridgehead atoms. The minimum absolute atomic E-state index is 0.0399. The lowest BCUT2D eigenvalue weighted by molar-refractivity contribution is 0.112. The lowest BCUT2D eigenvalue weighted by atomic mass is 10.1. The van der Waals surface area contributed by atoms with Crippen LogP contribution in [0.3, 0.4) is 0 Å². The molecule has 2 aromatic heterocycles. The number of rotatable bonds is 1. The second kappa shape index (κ2) is 3.91. The van der Waals surface area contributed by atoms with Crippen molar-refractivity contribution in [2.75, 3.05) is 0 Å². The second-order valence-corrected chi connectivity index (χ2v) is 4.23. The standard InChI is InChI=1S/C14H8O5/c1-7-2-13(16)19-12-4-11-10(3-9(7)12)14(17)8(5-15)6-18-11/h2-6H,1H3. The molecule has 0 saturated heterocycles. The van der Waals surface area contributed by atoms with E-state index in [0.717, 1.165) is 6.26 Å². The van der Waals surface area contributed by atoms with Gasteiger partial charge >= 0.3 is 5.63 Å². The Hall–Kier alpha value is -2.69. The third-order valence-corrected chi connectivity index (χ3v) is 3.00. The van der Waals surface area contributed by atoms with Crippen molar-refractivity contribution in [2.45, 2.75) is 6.92 Å². The predicted molar refractivity (Wildman–Crippen MR) is 68.7 cm³/mol. The largest absolute Gasteiger partial charge is 0.463 e. The van der Waals surface area contributed by atoms with Gasteiger partial charge in [0.05, 0.1) is 10.9 Å². The molecule has 94 valence electrons. The summed E-state index contributed by atoms with van der Waals surface area (Å²) in [6.07, 6.45) is 1.55. The summed E-state index contributed by atoms with van der Waals surface area (Å²) < 4.78 is 10.3. The van der Waals surface area contributed by atoms with Crippen molar-refractivity contribution in [3.05, 3.63) is 56.2 Å². The summed E-state index contributed by atoms with van der Waals surface area (Å²) in [6.45, 7) is 1.75. The topological polar surface area (TPSA) is 77.5 Å². The normalized spacial score (nSPS) is 11.0. The number of carbonyl (C=O) groups is 1. The zero-order valence-corrected chi connectivity index (χ0v) is 9.93. The molecule has 0 amide bonds. The molecule has 0 radical (unpaired) electrons. The molecule has 0 N–H and O–H groups in total. The SMILES string of the molecule is Cc1cc(=O)oc2cc3occ(C=O)c(=O)c3cc12. The lowest BCUT2D eigenvalue weighted by Gasteiger charge is -2.02. The number of carbonyl (C=O) groups excluding carboxylic acids is 1. The van der Waals surface area contributed by atoms with Crippen LogP contribution in [0.25, 0.3) is 21.9 Å². The van der Waals surface area contributed by atoms with Crippen LogP contribution in [-0.2, 0) is 0 Å². The zero-order chi connectivity index (χ0) is 13.6. The smallest absolute Gasteiger partial charge is 0.336 e. The first-order valence-corrected chi connectivity index (χ1v) is 5.55. The van der Waals surface area contributed by atoms with Gasteiger partial charge in [0.15, 0.2) is 6.29 Å². The highest BCUT2D eigenvalue weighted by Gasteiger charge is 2.10. The molecule has 0 aliphatic heterocycles. The average Bonchev–Trinajstić information content (AvgIpc) is 2.37. The van der Waals surface area contributed by atoms with Crippen LogP contribution >= 0.6 is 0 Å². The molecular weight excluding hydrogens is 248 g/mol. The summed E-state index contributed by atoms with van der Waals surface area (Å²) in [5.41, 5.74) is 0.419. The maximum absolute atomic E-state index is 12.0. The number of benzene rings is 1. The van der Waals surface area contributed by atoms with Crippen molar-refractivity contribution in [1.29, 1.82) is 0 Å². The van der Waals surface area contributed by atoms with Crippen LogP contribution in [0.1, 0.15) is 15.9 Å². The molecule has 5 nitrogen and oxygen atoms in total. The molecule has 0 unspecified atom stereocenters. The van der Waals surface area contributed by atoms with Crippen LogP contribution in [-0.4, -0.2) is 6.29 Å². The van der Waals surface area contributed by atoms with Gasteiger partial charge < -0.3 is 8.83 Å². The Bertz CT molecular complexity index is 930. The molecule has 0 spiro atoms. The molecule has 19 heavy (non-hydrogen) atoms. The molecule has 3 rings (SSSR count). The summed E-state index contributed by atoms with van der Waals surface area (Å²) in [6, 6.07) is 4.40. The van der Waals surface area contributed by atoms with E-state index in [1.165, 1.54) is 12.1 Å². The Kier molecular flexibility index (Phi) is 2.35. The summed E-state index contributed by atoms with van der Waals surface area (Å²) in [5.74, 6) is 0. The first kappa shape index (κ1) is 11.4. The van der Waals surface area contributed by atoms with Gasteiger partial charge in [-0.3, -0.25) is 9.59 Å². The first-order chi connectivity index (χ1) is 9.10. The number of aryl methyl sites for hydroxylation is 1. The summed E-state index contributed by atoms with van der Waals surface area (Å²) in [4.78, 5) is 34.0. The van der Waals surface area contributed by atoms with Gasteiger partial charge in [-0.05, 0) is 18.6 Å². The predicted octanol–water partition coefficient (Wildman–Crippen LogP) is 2.02. The third kappa shape index (κ3) is 1.67. The molecule has 3 aromatic rings. The third-order valence-electron chi connectivity index (χ3n) is 3.00. The zero-order valence-electron chi connectivity index (χ0n) is 9.93. The average molecular weight is 256 g/mol. The molecular formula is C14H8O5. The van der Waals surface area contributed by atoms with Crippen LogP contribution < -0.4 is 11.1 Å². The summed E-state index contributed by atoms with van der Waals surface area (Å²) in [5, 5.41) is 0.927. The summed E-state index contributed by atoms with van der Waals surface area (Å²) >= 11 is 0. The van der Waals surface area contributed by atoms with Crippen molar-refractivity contribution in [3.63, 3.8) is 0 Å². The van der Waals surface area contributed by atoms with Crippen molar-refractivity contribution >= 4 is 28.2 Å². The molecule has 0 saturated carbocycles. The Morgan fingerprint density at radius 2 is 1.84 bits per heavy atom. The maximum atomic E-state index is 12.0. The quantitative estimate of drug-likeness (QED) is 0.378. The van der Waals surface area contributed by atoms with E-state index in [9.17, 15) is 14.4 Å². The number of hydrogen-bond acceptors (Lipinski definition) is 5. The Labute approximate surface area is 106 Å². The molecule has 0 aliphatic carbocycles. The van der Waals surface area contributed by atoms with Gasteiger partial charge in [-0.2, -0.15) is 0 Å². The van der Waals surface area contributed by atoms with Crippen LogP contribution in [0.4, 0.5) is 0 Å². The van der Waals surface area contributed by atoms with Gasteiger partial charge in [-0.1, -0.05) is 0 Å². The maximum Gasteiger partial charge on any atom is 0.336 e. The fourth-order valence-electron chi connectivity index (χ4n) is 2.04. The Morgan fingerprint density at radius 1 is 1.05 bits per heavy atom. The minimum atomic E-state index is -0.462. The Balaban J connectivity index is 2.56. The van der Waals surface area contributed by atoms with Crippen LogP contribution in [0.15, 0.2) is 42.9 Å². The Morgan fingerprint density at radius 3 is 2.58 bits per heavy atom. The highest BCUT2D eigenvalue weighted by Crippen LogP contribution is 2.22. The second-order valence-electron chi connectivity index (χ2n) is 4.23. The van der Waals surface area contributed by atoms with Crippen molar-refractivity contribution in [3.8, 4) is 0 Å². The highest BCUT2D eigenvalue weighted by atomic mass is 16.4. The molecule has 2 heterocycles. The summed E-state index contributed by atoms with van der Waals surface area (Å²) in [7, 11) is 0. The van der Waals surface area contributed by atoms with Gasteiger partial charge in [0.1, 0.15) is 17.4 Å². The van der Waals surface area contributed by atoms with Crippen molar-refractivity contribution in [1.82, 2.24) is 0 Å². The number of fused-ring (bicyclic) bond motifs is 2. The monoisotopic (exact) mass is 256 g/mol. The van der Waals surface area contributed by atoms with E-state index >= 15 is 0 Å². The van der Waals surface area contributed by atoms with Crippen LogP contribution in [0, 0.1) is 6.92 Å². The van der Waals surface area contributed by atoms with E-state index in [-0.39, 0.29) is 16.5 Å².